The van der Waals surface area contributed by atoms with E-state index in [9.17, 15) is 0 Å². The number of hydrogen-bond acceptors (Lipinski definition) is 0. The smallest absolute Gasteiger partial charge is 0.00754 e. The highest BCUT2D eigenvalue weighted by Crippen LogP contribution is 2.14. The van der Waals surface area contributed by atoms with Gasteiger partial charge in [0, 0.05) is 0 Å². The van der Waals surface area contributed by atoms with E-state index in [4.69, 9.17) is 0 Å². The first-order valence-electron chi connectivity index (χ1n) is 3.92. The first-order valence-corrected chi connectivity index (χ1v) is 3.92. The normalized spacial score (nSPS) is 22.7. The topological polar surface area (TPSA) is 0 Å². The molecule has 1 unspecified atom stereocenters. The Bertz CT molecular complexity index is 239. The van der Waals surface area contributed by atoms with Crippen molar-refractivity contribution in [2.45, 2.75) is 13.8 Å². The van der Waals surface area contributed by atoms with Gasteiger partial charge in [0.15, 0.2) is 0 Å². The number of allylic oxidation sites excluding steroid dienone is 7. The van der Waals surface area contributed by atoms with Crippen LogP contribution in [0.1, 0.15) is 13.8 Å². The highest BCUT2D eigenvalue weighted by molar-refractivity contribution is 5.41. The highest BCUT2D eigenvalue weighted by atomic mass is 14.0. The van der Waals surface area contributed by atoms with E-state index in [0.29, 0.717) is 5.92 Å². The first-order chi connectivity index (χ1) is 5.20. The van der Waals surface area contributed by atoms with Crippen molar-refractivity contribution >= 4 is 0 Å². The predicted molar refractivity (Wildman–Crippen MR) is 50.3 cm³/mol. The van der Waals surface area contributed by atoms with Crippen LogP contribution in [-0.4, -0.2) is 0 Å². The molecule has 1 rings (SSSR count). The molecule has 1 aliphatic carbocycles. The summed E-state index contributed by atoms with van der Waals surface area (Å²) in [4.78, 5) is 0. The average Bonchev–Trinajstić information content (AvgIpc) is 2.13. The molecule has 0 saturated heterocycles. The molecule has 0 radical (unpaired) electrons. The zero-order valence-electron chi connectivity index (χ0n) is 7.17. The summed E-state index contributed by atoms with van der Waals surface area (Å²) in [7, 11) is 0. The minimum absolute atomic E-state index is 0.545. The first kappa shape index (κ1) is 8.06. The Labute approximate surface area is 68.6 Å². The molecule has 1 atom stereocenters. The lowest BCUT2D eigenvalue weighted by atomic mass is 10.1. The molecule has 0 spiro atoms. The fourth-order valence-corrected chi connectivity index (χ4v) is 0.994. The summed E-state index contributed by atoms with van der Waals surface area (Å²) in [6, 6.07) is 0. The van der Waals surface area contributed by atoms with Gasteiger partial charge in [-0.15, -0.1) is 0 Å². The van der Waals surface area contributed by atoms with Crippen LogP contribution >= 0.6 is 0 Å². The van der Waals surface area contributed by atoms with Gasteiger partial charge in [0.05, 0.1) is 0 Å². The van der Waals surface area contributed by atoms with Gasteiger partial charge in [-0.05, 0) is 18.4 Å². The molecule has 0 N–H and O–H groups in total. The fourth-order valence-electron chi connectivity index (χ4n) is 0.994. The van der Waals surface area contributed by atoms with Crippen molar-refractivity contribution in [3.05, 3.63) is 48.1 Å². The fraction of sp³-hybridized carbons (Fsp3) is 0.273. The van der Waals surface area contributed by atoms with Gasteiger partial charge in [0.25, 0.3) is 0 Å². The van der Waals surface area contributed by atoms with Crippen molar-refractivity contribution in [2.24, 2.45) is 5.92 Å². The SMILES string of the molecule is C=C(C)C1=CC=CC(C)C=C1. The molecule has 58 valence electrons. The summed E-state index contributed by atoms with van der Waals surface area (Å²) >= 11 is 0. The second kappa shape index (κ2) is 3.38. The van der Waals surface area contributed by atoms with Crippen LogP contribution in [0.2, 0.25) is 0 Å². The van der Waals surface area contributed by atoms with Crippen molar-refractivity contribution < 1.29 is 0 Å². The van der Waals surface area contributed by atoms with Gasteiger partial charge in [-0.25, -0.2) is 0 Å². The molecule has 0 aliphatic heterocycles. The van der Waals surface area contributed by atoms with E-state index in [2.05, 4.69) is 43.9 Å². The van der Waals surface area contributed by atoms with E-state index in [1.807, 2.05) is 6.92 Å². The Kier molecular flexibility index (Phi) is 2.48. The van der Waals surface area contributed by atoms with Gasteiger partial charge in [0.1, 0.15) is 0 Å². The molecule has 0 fully saturated rings. The monoisotopic (exact) mass is 146 g/mol. The average molecular weight is 146 g/mol. The van der Waals surface area contributed by atoms with Gasteiger partial charge < -0.3 is 0 Å². The third-order valence-corrected chi connectivity index (χ3v) is 1.76. The Morgan fingerprint density at radius 3 is 2.82 bits per heavy atom. The predicted octanol–water partition coefficient (Wildman–Crippen LogP) is 3.25. The Balaban J connectivity index is 2.85. The van der Waals surface area contributed by atoms with Crippen molar-refractivity contribution in [1.82, 2.24) is 0 Å². The lowest BCUT2D eigenvalue weighted by Crippen LogP contribution is -1.80. The highest BCUT2D eigenvalue weighted by Gasteiger charge is 1.96. The Morgan fingerprint density at radius 1 is 1.45 bits per heavy atom. The van der Waals surface area contributed by atoms with E-state index in [1.54, 1.807) is 0 Å². The molecular formula is C11H14. The summed E-state index contributed by atoms with van der Waals surface area (Å²) < 4.78 is 0. The van der Waals surface area contributed by atoms with Gasteiger partial charge in [-0.1, -0.05) is 49.5 Å². The summed E-state index contributed by atoms with van der Waals surface area (Å²) in [5.74, 6) is 0.545. The molecule has 0 amide bonds. The van der Waals surface area contributed by atoms with E-state index < -0.39 is 0 Å². The largest absolute Gasteiger partial charge is 0.0955 e. The zero-order chi connectivity index (χ0) is 8.27. The molecule has 0 aromatic carbocycles. The maximum absolute atomic E-state index is 3.89. The maximum Gasteiger partial charge on any atom is -0.00754 e. The van der Waals surface area contributed by atoms with E-state index in [1.165, 1.54) is 5.57 Å². The summed E-state index contributed by atoms with van der Waals surface area (Å²) in [5.41, 5.74) is 2.35. The third kappa shape index (κ3) is 2.23. The lowest BCUT2D eigenvalue weighted by Gasteiger charge is -1.97. The van der Waals surface area contributed by atoms with Crippen molar-refractivity contribution in [3.8, 4) is 0 Å². The van der Waals surface area contributed by atoms with E-state index in [0.717, 1.165) is 5.57 Å². The van der Waals surface area contributed by atoms with Crippen LogP contribution in [0.5, 0.6) is 0 Å². The summed E-state index contributed by atoms with van der Waals surface area (Å²) in [5, 5.41) is 0. The third-order valence-electron chi connectivity index (χ3n) is 1.76. The number of rotatable bonds is 1. The van der Waals surface area contributed by atoms with Gasteiger partial charge in [-0.3, -0.25) is 0 Å². The van der Waals surface area contributed by atoms with Crippen LogP contribution in [-0.2, 0) is 0 Å². The Hall–Kier alpha value is -1.04. The van der Waals surface area contributed by atoms with Crippen molar-refractivity contribution in [1.29, 1.82) is 0 Å². The van der Waals surface area contributed by atoms with Crippen LogP contribution in [0.4, 0.5) is 0 Å². The second-order valence-electron chi connectivity index (χ2n) is 3.01. The minimum Gasteiger partial charge on any atom is -0.0955 e. The van der Waals surface area contributed by atoms with Crippen molar-refractivity contribution in [3.63, 3.8) is 0 Å². The van der Waals surface area contributed by atoms with Crippen LogP contribution in [0, 0.1) is 5.92 Å². The van der Waals surface area contributed by atoms with Crippen LogP contribution in [0.25, 0.3) is 0 Å². The molecular weight excluding hydrogens is 132 g/mol. The molecule has 0 aromatic rings. The van der Waals surface area contributed by atoms with Gasteiger partial charge >= 0.3 is 0 Å². The minimum atomic E-state index is 0.545. The summed E-state index contributed by atoms with van der Waals surface area (Å²) in [6.45, 7) is 8.09. The standard InChI is InChI=1S/C11H14/c1-9(2)11-6-4-5-10(3)7-8-11/h4-8,10H,1H2,2-3H3. The Morgan fingerprint density at radius 2 is 2.18 bits per heavy atom. The molecule has 1 aliphatic rings. The molecule has 0 nitrogen and oxygen atoms in total. The quantitative estimate of drug-likeness (QED) is 0.532. The molecule has 0 aromatic heterocycles. The van der Waals surface area contributed by atoms with Gasteiger partial charge in [-0.2, -0.15) is 0 Å². The van der Waals surface area contributed by atoms with Gasteiger partial charge in [0.2, 0.25) is 0 Å². The van der Waals surface area contributed by atoms with Crippen LogP contribution < -0.4 is 0 Å². The van der Waals surface area contributed by atoms with Crippen LogP contribution in [0.3, 0.4) is 0 Å². The maximum atomic E-state index is 3.89. The van der Waals surface area contributed by atoms with Crippen molar-refractivity contribution in [2.75, 3.05) is 0 Å². The van der Waals surface area contributed by atoms with E-state index >= 15 is 0 Å². The zero-order valence-corrected chi connectivity index (χ0v) is 7.17. The molecule has 0 heterocycles. The lowest BCUT2D eigenvalue weighted by molar-refractivity contribution is 0.942. The van der Waals surface area contributed by atoms with Crippen LogP contribution in [0.15, 0.2) is 48.1 Å². The van der Waals surface area contributed by atoms with E-state index in [-0.39, 0.29) is 0 Å². The molecule has 0 heteroatoms. The molecule has 11 heavy (non-hydrogen) atoms. The molecule has 0 bridgehead atoms. The second-order valence-corrected chi connectivity index (χ2v) is 3.01. The summed E-state index contributed by atoms with van der Waals surface area (Å²) in [6.07, 6.45) is 10.7. The number of hydrogen-bond donors (Lipinski definition) is 0. The molecule has 0 saturated carbocycles.